The SMILES string of the molecule is COCCCS(=O)(=O)NCC(c1ccc(OC)cc1)c1c[nH]c2ccccc12. The van der Waals surface area contributed by atoms with Crippen LogP contribution in [0.4, 0.5) is 0 Å². The standard InChI is InChI=1S/C21H26N2O4S/c1-26-12-5-13-28(24,25)23-15-19(16-8-10-17(27-2)11-9-16)20-14-22-21-7-4-3-6-18(20)21/h3-4,6-11,14,19,22-23H,5,12-13,15H2,1-2H3. The zero-order valence-electron chi connectivity index (χ0n) is 16.1. The molecule has 0 bridgehead atoms. The van der Waals surface area contributed by atoms with E-state index in [1.165, 1.54) is 0 Å². The number of benzene rings is 2. The maximum absolute atomic E-state index is 12.4. The van der Waals surface area contributed by atoms with Crippen molar-refractivity contribution in [1.82, 2.24) is 9.71 Å². The van der Waals surface area contributed by atoms with Gasteiger partial charge in [0.15, 0.2) is 0 Å². The van der Waals surface area contributed by atoms with E-state index in [9.17, 15) is 8.42 Å². The molecule has 0 aliphatic carbocycles. The van der Waals surface area contributed by atoms with E-state index < -0.39 is 10.0 Å². The highest BCUT2D eigenvalue weighted by Gasteiger charge is 2.21. The highest BCUT2D eigenvalue weighted by molar-refractivity contribution is 7.89. The molecular formula is C21H26N2O4S. The molecule has 0 fully saturated rings. The number of aromatic nitrogens is 1. The van der Waals surface area contributed by atoms with E-state index in [4.69, 9.17) is 9.47 Å². The Bertz CT molecular complexity index is 997. The summed E-state index contributed by atoms with van der Waals surface area (Å²) >= 11 is 0. The number of hydrogen-bond donors (Lipinski definition) is 2. The average Bonchev–Trinajstić information content (AvgIpc) is 3.13. The van der Waals surface area contributed by atoms with Crippen LogP contribution in [-0.2, 0) is 14.8 Å². The quantitative estimate of drug-likeness (QED) is 0.510. The highest BCUT2D eigenvalue weighted by atomic mass is 32.2. The molecule has 1 atom stereocenters. The van der Waals surface area contributed by atoms with Crippen molar-refractivity contribution in [3.63, 3.8) is 0 Å². The third-order valence-electron chi connectivity index (χ3n) is 4.78. The molecule has 0 saturated carbocycles. The predicted molar refractivity (Wildman–Crippen MR) is 111 cm³/mol. The van der Waals surface area contributed by atoms with Gasteiger partial charge in [-0.3, -0.25) is 0 Å². The molecule has 7 heteroatoms. The second kappa shape index (κ2) is 9.23. The van der Waals surface area contributed by atoms with Crippen molar-refractivity contribution in [2.24, 2.45) is 0 Å². The summed E-state index contributed by atoms with van der Waals surface area (Å²) in [4.78, 5) is 3.28. The predicted octanol–water partition coefficient (Wildman–Crippen LogP) is 3.26. The van der Waals surface area contributed by atoms with Gasteiger partial charge in [-0.2, -0.15) is 0 Å². The van der Waals surface area contributed by atoms with Crippen LogP contribution >= 0.6 is 0 Å². The van der Waals surface area contributed by atoms with E-state index in [-0.39, 0.29) is 18.2 Å². The average molecular weight is 403 g/mol. The molecule has 0 spiro atoms. The Kier molecular flexibility index (Phi) is 6.72. The number of H-pyrrole nitrogens is 1. The van der Waals surface area contributed by atoms with Crippen molar-refractivity contribution in [2.45, 2.75) is 12.3 Å². The second-order valence-corrected chi connectivity index (χ2v) is 8.56. The third kappa shape index (κ3) is 4.92. The van der Waals surface area contributed by atoms with E-state index in [0.717, 1.165) is 27.8 Å². The van der Waals surface area contributed by atoms with E-state index in [2.05, 4.69) is 9.71 Å². The molecule has 0 saturated heterocycles. The number of aromatic amines is 1. The zero-order chi connectivity index (χ0) is 20.0. The van der Waals surface area contributed by atoms with Crippen LogP contribution in [0.15, 0.2) is 54.7 Å². The van der Waals surface area contributed by atoms with Crippen LogP contribution in [0.2, 0.25) is 0 Å². The highest BCUT2D eigenvalue weighted by Crippen LogP contribution is 2.31. The van der Waals surface area contributed by atoms with Gasteiger partial charge in [-0.05, 0) is 35.7 Å². The Hall–Kier alpha value is -2.35. The molecular weight excluding hydrogens is 376 g/mol. The number of hydrogen-bond acceptors (Lipinski definition) is 4. The molecule has 6 nitrogen and oxygen atoms in total. The van der Waals surface area contributed by atoms with Gasteiger partial charge in [0.25, 0.3) is 0 Å². The first kappa shape index (κ1) is 20.4. The lowest BCUT2D eigenvalue weighted by molar-refractivity contribution is 0.199. The molecule has 2 aromatic carbocycles. The molecule has 0 amide bonds. The number of nitrogens with one attached hydrogen (secondary N) is 2. The van der Waals surface area contributed by atoms with Gasteiger partial charge in [0.1, 0.15) is 5.75 Å². The Labute approximate surface area is 165 Å². The van der Waals surface area contributed by atoms with Gasteiger partial charge in [0, 0.05) is 43.3 Å². The van der Waals surface area contributed by atoms with Crippen LogP contribution in [0, 0.1) is 0 Å². The molecule has 150 valence electrons. The summed E-state index contributed by atoms with van der Waals surface area (Å²) in [5.74, 6) is 0.685. The normalized spacial score (nSPS) is 12.9. The Morgan fingerprint density at radius 1 is 1.07 bits per heavy atom. The summed E-state index contributed by atoms with van der Waals surface area (Å²) in [6, 6.07) is 15.8. The number of para-hydroxylation sites is 1. The minimum absolute atomic E-state index is 0.0457. The summed E-state index contributed by atoms with van der Waals surface area (Å²) in [6.45, 7) is 0.703. The first-order valence-corrected chi connectivity index (χ1v) is 10.9. The number of methoxy groups -OCH3 is 2. The van der Waals surface area contributed by atoms with Crippen LogP contribution in [0.5, 0.6) is 5.75 Å². The van der Waals surface area contributed by atoms with Gasteiger partial charge in [-0.25, -0.2) is 13.1 Å². The zero-order valence-corrected chi connectivity index (χ0v) is 17.0. The molecule has 28 heavy (non-hydrogen) atoms. The lowest BCUT2D eigenvalue weighted by Gasteiger charge is -2.19. The first-order chi connectivity index (χ1) is 13.5. The molecule has 1 unspecified atom stereocenters. The number of fused-ring (bicyclic) bond motifs is 1. The lowest BCUT2D eigenvalue weighted by Crippen LogP contribution is -2.31. The van der Waals surface area contributed by atoms with Crippen molar-refractivity contribution in [3.8, 4) is 5.75 Å². The molecule has 0 aliphatic rings. The van der Waals surface area contributed by atoms with Gasteiger partial charge in [-0.1, -0.05) is 30.3 Å². The fourth-order valence-electron chi connectivity index (χ4n) is 3.30. The van der Waals surface area contributed by atoms with Crippen LogP contribution in [0.25, 0.3) is 10.9 Å². The van der Waals surface area contributed by atoms with E-state index in [1.807, 2.05) is 54.7 Å². The molecule has 0 aliphatic heterocycles. The van der Waals surface area contributed by atoms with Crippen molar-refractivity contribution in [3.05, 3.63) is 65.9 Å². The Balaban J connectivity index is 1.88. The maximum atomic E-state index is 12.4. The monoisotopic (exact) mass is 402 g/mol. The molecule has 1 heterocycles. The molecule has 3 aromatic rings. The van der Waals surface area contributed by atoms with E-state index in [0.29, 0.717) is 13.0 Å². The fraction of sp³-hybridized carbons (Fsp3) is 0.333. The second-order valence-electron chi connectivity index (χ2n) is 6.63. The van der Waals surface area contributed by atoms with E-state index in [1.54, 1.807) is 14.2 Å². The van der Waals surface area contributed by atoms with Gasteiger partial charge < -0.3 is 14.5 Å². The number of sulfonamides is 1. The summed E-state index contributed by atoms with van der Waals surface area (Å²) in [5.41, 5.74) is 3.10. The van der Waals surface area contributed by atoms with Gasteiger partial charge in [0.05, 0.1) is 12.9 Å². The third-order valence-corrected chi connectivity index (χ3v) is 6.22. The fourth-order valence-corrected chi connectivity index (χ4v) is 4.36. The van der Waals surface area contributed by atoms with Gasteiger partial charge in [-0.15, -0.1) is 0 Å². The van der Waals surface area contributed by atoms with Crippen LogP contribution in [0.3, 0.4) is 0 Å². The molecule has 2 N–H and O–H groups in total. The maximum Gasteiger partial charge on any atom is 0.211 e. The topological polar surface area (TPSA) is 80.4 Å². The van der Waals surface area contributed by atoms with Crippen LogP contribution < -0.4 is 9.46 Å². The van der Waals surface area contributed by atoms with Crippen molar-refractivity contribution >= 4 is 20.9 Å². The Morgan fingerprint density at radius 3 is 2.54 bits per heavy atom. The Morgan fingerprint density at radius 2 is 1.82 bits per heavy atom. The van der Waals surface area contributed by atoms with E-state index >= 15 is 0 Å². The number of rotatable bonds is 10. The largest absolute Gasteiger partial charge is 0.497 e. The summed E-state index contributed by atoms with van der Waals surface area (Å²) in [6.07, 6.45) is 2.42. The van der Waals surface area contributed by atoms with Crippen LogP contribution in [-0.4, -0.2) is 46.5 Å². The van der Waals surface area contributed by atoms with Crippen molar-refractivity contribution in [2.75, 3.05) is 33.1 Å². The van der Waals surface area contributed by atoms with Gasteiger partial charge in [0.2, 0.25) is 10.0 Å². The summed E-state index contributed by atoms with van der Waals surface area (Å²) < 4.78 is 37.7. The minimum Gasteiger partial charge on any atom is -0.497 e. The molecule has 1 aromatic heterocycles. The summed E-state index contributed by atoms with van der Waals surface area (Å²) in [7, 11) is -0.187. The number of ether oxygens (including phenoxy) is 2. The lowest BCUT2D eigenvalue weighted by atomic mass is 9.91. The van der Waals surface area contributed by atoms with Gasteiger partial charge >= 0.3 is 0 Å². The summed E-state index contributed by atoms with van der Waals surface area (Å²) in [5, 5.41) is 1.09. The molecule has 3 rings (SSSR count). The van der Waals surface area contributed by atoms with Crippen LogP contribution in [0.1, 0.15) is 23.5 Å². The van der Waals surface area contributed by atoms with Crippen molar-refractivity contribution < 1.29 is 17.9 Å². The van der Waals surface area contributed by atoms with Crippen molar-refractivity contribution in [1.29, 1.82) is 0 Å². The minimum atomic E-state index is -3.38. The molecule has 0 radical (unpaired) electrons. The first-order valence-electron chi connectivity index (χ1n) is 9.20. The smallest absolute Gasteiger partial charge is 0.211 e.